The van der Waals surface area contributed by atoms with Gasteiger partial charge < -0.3 is 14.6 Å². The number of hydrogen-bond donors (Lipinski definition) is 1. The highest BCUT2D eigenvalue weighted by Crippen LogP contribution is 2.27. The monoisotopic (exact) mass is 216 g/mol. The third-order valence-electron chi connectivity index (χ3n) is 2.76. The summed E-state index contributed by atoms with van der Waals surface area (Å²) in [4.78, 5) is 0. The van der Waals surface area contributed by atoms with Crippen LogP contribution in [0.1, 0.15) is 40.0 Å². The molecule has 1 aliphatic rings. The Balaban J connectivity index is 2.13. The third-order valence-corrected chi connectivity index (χ3v) is 2.76. The normalized spacial score (nSPS) is 30.6. The number of rotatable bonds is 7. The summed E-state index contributed by atoms with van der Waals surface area (Å²) in [6.45, 7) is 7.93. The summed E-state index contributed by atoms with van der Waals surface area (Å²) in [5, 5.41) is 9.51. The van der Waals surface area contributed by atoms with Gasteiger partial charge in [0, 0.05) is 19.6 Å². The summed E-state index contributed by atoms with van der Waals surface area (Å²) >= 11 is 0. The number of ether oxygens (including phenoxy) is 2. The Hall–Kier alpha value is -0.120. The van der Waals surface area contributed by atoms with E-state index in [4.69, 9.17) is 9.47 Å². The molecule has 0 bridgehead atoms. The van der Waals surface area contributed by atoms with Crippen LogP contribution in [0.15, 0.2) is 0 Å². The first-order valence-electron chi connectivity index (χ1n) is 6.06. The van der Waals surface area contributed by atoms with Crippen LogP contribution in [0.25, 0.3) is 0 Å². The fraction of sp³-hybridized carbons (Fsp3) is 1.00. The molecule has 3 nitrogen and oxygen atoms in total. The van der Waals surface area contributed by atoms with Crippen LogP contribution in [0.2, 0.25) is 0 Å². The molecule has 0 aromatic heterocycles. The van der Waals surface area contributed by atoms with E-state index >= 15 is 0 Å². The van der Waals surface area contributed by atoms with Crippen LogP contribution in [-0.4, -0.2) is 36.6 Å². The van der Waals surface area contributed by atoms with E-state index in [-0.39, 0.29) is 18.3 Å². The van der Waals surface area contributed by atoms with Crippen molar-refractivity contribution in [1.29, 1.82) is 0 Å². The minimum atomic E-state index is -0.319. The van der Waals surface area contributed by atoms with Crippen molar-refractivity contribution in [3.63, 3.8) is 0 Å². The Morgan fingerprint density at radius 2 is 2.00 bits per heavy atom. The molecule has 0 saturated heterocycles. The van der Waals surface area contributed by atoms with Crippen molar-refractivity contribution < 1.29 is 14.6 Å². The number of aliphatic hydroxyl groups excluding tert-OH is 1. The first kappa shape index (κ1) is 12.9. The van der Waals surface area contributed by atoms with E-state index in [1.807, 2.05) is 0 Å². The Morgan fingerprint density at radius 1 is 1.27 bits per heavy atom. The van der Waals surface area contributed by atoms with Gasteiger partial charge in [0.25, 0.3) is 0 Å². The second-order valence-corrected chi connectivity index (χ2v) is 4.73. The van der Waals surface area contributed by atoms with Crippen LogP contribution in [0, 0.1) is 5.92 Å². The molecule has 3 atom stereocenters. The molecule has 0 spiro atoms. The van der Waals surface area contributed by atoms with Gasteiger partial charge in [-0.25, -0.2) is 0 Å². The molecule has 90 valence electrons. The highest BCUT2D eigenvalue weighted by Gasteiger charge is 2.41. The van der Waals surface area contributed by atoms with Gasteiger partial charge in [-0.2, -0.15) is 0 Å². The summed E-state index contributed by atoms with van der Waals surface area (Å²) < 4.78 is 11.2. The highest BCUT2D eigenvalue weighted by molar-refractivity contribution is 4.91. The largest absolute Gasteiger partial charge is 0.390 e. The molecule has 3 heteroatoms. The lowest BCUT2D eigenvalue weighted by Gasteiger charge is -2.40. The summed E-state index contributed by atoms with van der Waals surface area (Å²) in [7, 11) is 0. The zero-order chi connectivity index (χ0) is 11.3. The Kier molecular flexibility index (Phi) is 5.58. The molecule has 3 unspecified atom stereocenters. The average Bonchev–Trinajstić information content (AvgIpc) is 2.16. The van der Waals surface area contributed by atoms with Gasteiger partial charge in [0.05, 0.1) is 12.2 Å². The molecule has 1 fully saturated rings. The predicted octanol–water partition coefficient (Wildman–Crippen LogP) is 1.98. The van der Waals surface area contributed by atoms with Crippen LogP contribution in [0.4, 0.5) is 0 Å². The SMILES string of the molecule is CCCOC1C(O)CC1OCCC(C)C. The van der Waals surface area contributed by atoms with Gasteiger partial charge in [-0.15, -0.1) is 0 Å². The zero-order valence-corrected chi connectivity index (χ0v) is 10.1. The maximum absolute atomic E-state index is 9.51. The van der Waals surface area contributed by atoms with Gasteiger partial charge in [-0.3, -0.25) is 0 Å². The molecule has 0 aromatic rings. The van der Waals surface area contributed by atoms with Gasteiger partial charge in [-0.05, 0) is 18.8 Å². The van der Waals surface area contributed by atoms with Crippen LogP contribution < -0.4 is 0 Å². The maximum Gasteiger partial charge on any atom is 0.110 e. The van der Waals surface area contributed by atoms with Crippen molar-refractivity contribution in [3.8, 4) is 0 Å². The number of hydrogen-bond acceptors (Lipinski definition) is 3. The highest BCUT2D eigenvalue weighted by atomic mass is 16.6. The van der Waals surface area contributed by atoms with E-state index in [2.05, 4.69) is 20.8 Å². The van der Waals surface area contributed by atoms with Gasteiger partial charge in [-0.1, -0.05) is 20.8 Å². The van der Waals surface area contributed by atoms with E-state index in [1.165, 1.54) is 0 Å². The van der Waals surface area contributed by atoms with E-state index in [9.17, 15) is 5.11 Å². The molecule has 0 aromatic carbocycles. The minimum Gasteiger partial charge on any atom is -0.390 e. The molecule has 0 heterocycles. The third kappa shape index (κ3) is 4.09. The standard InChI is InChI=1S/C12H24O3/c1-4-6-15-12-10(13)8-11(12)14-7-5-9(2)3/h9-13H,4-8H2,1-3H3. The van der Waals surface area contributed by atoms with Gasteiger partial charge in [0.1, 0.15) is 6.10 Å². The smallest absolute Gasteiger partial charge is 0.110 e. The quantitative estimate of drug-likeness (QED) is 0.707. The van der Waals surface area contributed by atoms with Gasteiger partial charge >= 0.3 is 0 Å². The van der Waals surface area contributed by atoms with Crippen molar-refractivity contribution in [2.75, 3.05) is 13.2 Å². The second-order valence-electron chi connectivity index (χ2n) is 4.73. The van der Waals surface area contributed by atoms with Crippen LogP contribution >= 0.6 is 0 Å². The second kappa shape index (κ2) is 6.46. The van der Waals surface area contributed by atoms with Gasteiger partial charge in [0.15, 0.2) is 0 Å². The Labute approximate surface area is 92.8 Å². The molecule has 0 aliphatic heterocycles. The Morgan fingerprint density at radius 3 is 2.53 bits per heavy atom. The van der Waals surface area contributed by atoms with Crippen LogP contribution in [0.5, 0.6) is 0 Å². The molecule has 0 amide bonds. The van der Waals surface area contributed by atoms with E-state index in [1.54, 1.807) is 0 Å². The topological polar surface area (TPSA) is 38.7 Å². The molecule has 1 rings (SSSR count). The predicted molar refractivity (Wildman–Crippen MR) is 59.8 cm³/mol. The van der Waals surface area contributed by atoms with Crippen molar-refractivity contribution in [1.82, 2.24) is 0 Å². The summed E-state index contributed by atoms with van der Waals surface area (Å²) in [5.41, 5.74) is 0. The van der Waals surface area contributed by atoms with E-state index in [0.717, 1.165) is 25.9 Å². The molecule has 1 saturated carbocycles. The fourth-order valence-corrected chi connectivity index (χ4v) is 1.65. The summed E-state index contributed by atoms with van der Waals surface area (Å²) in [6.07, 6.45) is 2.50. The molecule has 0 radical (unpaired) electrons. The first-order chi connectivity index (χ1) is 7.15. The maximum atomic E-state index is 9.51. The minimum absolute atomic E-state index is 0.0860. The lowest BCUT2D eigenvalue weighted by atomic mass is 9.88. The fourth-order valence-electron chi connectivity index (χ4n) is 1.65. The number of aliphatic hydroxyl groups is 1. The van der Waals surface area contributed by atoms with Gasteiger partial charge in [0.2, 0.25) is 0 Å². The first-order valence-corrected chi connectivity index (χ1v) is 6.06. The van der Waals surface area contributed by atoms with Crippen LogP contribution in [0.3, 0.4) is 0 Å². The lowest BCUT2D eigenvalue weighted by Crippen LogP contribution is -2.53. The van der Waals surface area contributed by atoms with Crippen molar-refractivity contribution in [2.24, 2.45) is 5.92 Å². The molecular weight excluding hydrogens is 192 g/mol. The molecular formula is C12H24O3. The lowest BCUT2D eigenvalue weighted by molar-refractivity contribution is -0.192. The van der Waals surface area contributed by atoms with Crippen molar-refractivity contribution in [3.05, 3.63) is 0 Å². The summed E-state index contributed by atoms with van der Waals surface area (Å²) in [5.74, 6) is 0.671. The van der Waals surface area contributed by atoms with Crippen molar-refractivity contribution >= 4 is 0 Å². The molecule has 1 N–H and O–H groups in total. The molecule has 1 aliphatic carbocycles. The van der Waals surface area contributed by atoms with Crippen LogP contribution in [-0.2, 0) is 9.47 Å². The molecule has 15 heavy (non-hydrogen) atoms. The average molecular weight is 216 g/mol. The Bertz CT molecular complexity index is 170. The van der Waals surface area contributed by atoms with E-state index < -0.39 is 0 Å². The summed E-state index contributed by atoms with van der Waals surface area (Å²) in [6, 6.07) is 0. The zero-order valence-electron chi connectivity index (χ0n) is 10.1. The van der Waals surface area contributed by atoms with Crippen molar-refractivity contribution in [2.45, 2.75) is 58.3 Å². The van der Waals surface area contributed by atoms with E-state index in [0.29, 0.717) is 12.5 Å².